The summed E-state index contributed by atoms with van der Waals surface area (Å²) in [4.78, 5) is 31.7. The smallest absolute Gasteiger partial charge is 0.264 e. The lowest BCUT2D eigenvalue weighted by Crippen LogP contribution is -2.45. The first-order chi connectivity index (χ1) is 15.4. The summed E-state index contributed by atoms with van der Waals surface area (Å²) in [6.45, 7) is 7.08. The van der Waals surface area contributed by atoms with E-state index in [4.69, 9.17) is 9.47 Å². The SMILES string of the molecule is Cc1ccsc1CN(Cc1ccc2c(c1)OCO2)C(=O)CN(C(=O)c1cccs1)C(C)C. The predicted octanol–water partition coefficient (Wildman–Crippen LogP) is 4.93. The highest BCUT2D eigenvalue weighted by Gasteiger charge is 2.26. The molecule has 3 heterocycles. The lowest BCUT2D eigenvalue weighted by Gasteiger charge is -2.30. The van der Waals surface area contributed by atoms with Crippen molar-refractivity contribution in [1.82, 2.24) is 9.80 Å². The van der Waals surface area contributed by atoms with Gasteiger partial charge in [-0.25, -0.2) is 0 Å². The summed E-state index contributed by atoms with van der Waals surface area (Å²) in [6, 6.07) is 11.4. The molecule has 2 aromatic heterocycles. The number of hydrogen-bond donors (Lipinski definition) is 0. The Bertz CT molecular complexity index is 1090. The summed E-state index contributed by atoms with van der Waals surface area (Å²) in [5, 5.41) is 3.91. The monoisotopic (exact) mass is 470 g/mol. The van der Waals surface area contributed by atoms with Crippen molar-refractivity contribution in [2.24, 2.45) is 0 Å². The van der Waals surface area contributed by atoms with Gasteiger partial charge in [-0.15, -0.1) is 22.7 Å². The van der Waals surface area contributed by atoms with Gasteiger partial charge in [0.1, 0.15) is 6.54 Å². The fourth-order valence-corrected chi connectivity index (χ4v) is 5.11. The van der Waals surface area contributed by atoms with Crippen LogP contribution in [-0.4, -0.2) is 41.0 Å². The Morgan fingerprint density at radius 3 is 2.53 bits per heavy atom. The summed E-state index contributed by atoms with van der Waals surface area (Å²) in [6.07, 6.45) is 0. The van der Waals surface area contributed by atoms with E-state index < -0.39 is 0 Å². The van der Waals surface area contributed by atoms with E-state index in [0.717, 1.165) is 16.0 Å². The number of carbonyl (C=O) groups is 2. The van der Waals surface area contributed by atoms with Crippen molar-refractivity contribution >= 4 is 34.5 Å². The molecular weight excluding hydrogens is 444 g/mol. The van der Waals surface area contributed by atoms with Gasteiger partial charge in [0.2, 0.25) is 12.7 Å². The number of ether oxygens (including phenoxy) is 2. The number of hydrogen-bond acceptors (Lipinski definition) is 6. The fourth-order valence-electron chi connectivity index (χ4n) is 3.51. The molecule has 0 radical (unpaired) electrons. The van der Waals surface area contributed by atoms with Crippen LogP contribution >= 0.6 is 22.7 Å². The summed E-state index contributed by atoms with van der Waals surface area (Å²) in [7, 11) is 0. The van der Waals surface area contributed by atoms with Gasteiger partial charge in [-0.3, -0.25) is 9.59 Å². The Labute approximate surface area is 196 Å². The second-order valence-corrected chi connectivity index (χ2v) is 9.92. The molecule has 1 aliphatic rings. The zero-order chi connectivity index (χ0) is 22.7. The third kappa shape index (κ3) is 4.97. The number of fused-ring (bicyclic) bond motifs is 1. The largest absolute Gasteiger partial charge is 0.454 e. The van der Waals surface area contributed by atoms with Crippen molar-refractivity contribution in [1.29, 1.82) is 0 Å². The molecule has 1 aromatic carbocycles. The van der Waals surface area contributed by atoms with Crippen LogP contribution in [0.5, 0.6) is 11.5 Å². The highest BCUT2D eigenvalue weighted by molar-refractivity contribution is 7.12. The minimum Gasteiger partial charge on any atom is -0.454 e. The molecule has 0 spiro atoms. The Hall–Kier alpha value is -2.84. The fraction of sp³-hybridized carbons (Fsp3) is 0.333. The second kappa shape index (κ2) is 9.75. The van der Waals surface area contributed by atoms with Gasteiger partial charge in [0, 0.05) is 17.5 Å². The Kier molecular flexibility index (Phi) is 6.81. The molecule has 0 atom stereocenters. The number of aryl methyl sites for hydroxylation is 1. The molecule has 0 N–H and O–H groups in total. The maximum atomic E-state index is 13.5. The number of benzene rings is 1. The Morgan fingerprint density at radius 1 is 1.03 bits per heavy atom. The van der Waals surface area contributed by atoms with Crippen LogP contribution in [0.3, 0.4) is 0 Å². The van der Waals surface area contributed by atoms with Crippen LogP contribution in [0.4, 0.5) is 0 Å². The maximum absolute atomic E-state index is 13.5. The first kappa shape index (κ1) is 22.4. The van der Waals surface area contributed by atoms with E-state index in [-0.39, 0.29) is 31.2 Å². The average Bonchev–Trinajstić information content (AvgIpc) is 3.53. The van der Waals surface area contributed by atoms with Crippen LogP contribution in [0.2, 0.25) is 0 Å². The molecule has 2 amide bonds. The molecule has 0 bridgehead atoms. The van der Waals surface area contributed by atoms with Gasteiger partial charge >= 0.3 is 0 Å². The maximum Gasteiger partial charge on any atom is 0.264 e. The molecule has 1 aliphatic heterocycles. The van der Waals surface area contributed by atoms with E-state index in [9.17, 15) is 9.59 Å². The van der Waals surface area contributed by atoms with Crippen molar-refractivity contribution in [3.8, 4) is 11.5 Å². The van der Waals surface area contributed by atoms with Gasteiger partial charge < -0.3 is 19.3 Å². The molecule has 32 heavy (non-hydrogen) atoms. The van der Waals surface area contributed by atoms with Crippen LogP contribution in [0.25, 0.3) is 0 Å². The molecular formula is C24H26N2O4S2. The first-order valence-corrected chi connectivity index (χ1v) is 12.2. The lowest BCUT2D eigenvalue weighted by molar-refractivity contribution is -0.133. The van der Waals surface area contributed by atoms with Crippen molar-refractivity contribution in [3.63, 3.8) is 0 Å². The molecule has 0 aliphatic carbocycles. The van der Waals surface area contributed by atoms with Gasteiger partial charge in [0.25, 0.3) is 5.91 Å². The third-order valence-corrected chi connectivity index (χ3v) is 7.25. The Morgan fingerprint density at radius 2 is 1.84 bits per heavy atom. The highest BCUT2D eigenvalue weighted by Crippen LogP contribution is 2.33. The molecule has 0 unspecified atom stereocenters. The minimum atomic E-state index is -0.112. The van der Waals surface area contributed by atoms with E-state index in [0.29, 0.717) is 29.5 Å². The quantitative estimate of drug-likeness (QED) is 0.469. The van der Waals surface area contributed by atoms with Gasteiger partial charge in [-0.1, -0.05) is 12.1 Å². The minimum absolute atomic E-state index is 0.0311. The zero-order valence-electron chi connectivity index (χ0n) is 18.4. The lowest BCUT2D eigenvalue weighted by atomic mass is 10.1. The van der Waals surface area contributed by atoms with Gasteiger partial charge in [0.05, 0.1) is 11.4 Å². The standard InChI is InChI=1S/C24H26N2O4S2/c1-16(2)26(24(28)21-5-4-9-31-21)14-23(27)25(13-22-17(3)8-10-32-22)12-18-6-7-19-20(11-18)30-15-29-19/h4-11,16H,12-15H2,1-3H3. The van der Waals surface area contributed by atoms with Crippen LogP contribution in [-0.2, 0) is 17.9 Å². The zero-order valence-corrected chi connectivity index (χ0v) is 20.0. The van der Waals surface area contributed by atoms with Crippen molar-refractivity contribution < 1.29 is 19.1 Å². The molecule has 8 heteroatoms. The van der Waals surface area contributed by atoms with E-state index in [1.54, 1.807) is 22.3 Å². The highest BCUT2D eigenvalue weighted by atomic mass is 32.1. The molecule has 0 saturated heterocycles. The van der Waals surface area contributed by atoms with Gasteiger partial charge in [-0.2, -0.15) is 0 Å². The molecule has 0 fully saturated rings. The number of carbonyl (C=O) groups excluding carboxylic acids is 2. The summed E-state index contributed by atoms with van der Waals surface area (Å²) in [5.74, 6) is 1.21. The molecule has 6 nitrogen and oxygen atoms in total. The molecule has 0 saturated carbocycles. The Balaban J connectivity index is 1.56. The van der Waals surface area contributed by atoms with Crippen LogP contribution in [0.15, 0.2) is 47.2 Å². The van der Waals surface area contributed by atoms with Crippen molar-refractivity contribution in [2.75, 3.05) is 13.3 Å². The number of nitrogens with zero attached hydrogens (tertiary/aromatic N) is 2. The third-order valence-electron chi connectivity index (χ3n) is 5.39. The molecule has 3 aromatic rings. The number of amides is 2. The first-order valence-electron chi connectivity index (χ1n) is 10.5. The normalized spacial score (nSPS) is 12.2. The van der Waals surface area contributed by atoms with Gasteiger partial charge in [0.15, 0.2) is 11.5 Å². The van der Waals surface area contributed by atoms with Crippen LogP contribution in [0.1, 0.15) is 39.5 Å². The second-order valence-electron chi connectivity index (χ2n) is 7.97. The molecule has 168 valence electrons. The van der Waals surface area contributed by atoms with E-state index in [2.05, 4.69) is 13.0 Å². The number of thiophene rings is 2. The summed E-state index contributed by atoms with van der Waals surface area (Å²) < 4.78 is 10.9. The van der Waals surface area contributed by atoms with Crippen LogP contribution in [0, 0.1) is 6.92 Å². The summed E-state index contributed by atoms with van der Waals surface area (Å²) >= 11 is 3.03. The van der Waals surface area contributed by atoms with Crippen LogP contribution < -0.4 is 9.47 Å². The topological polar surface area (TPSA) is 59.1 Å². The van der Waals surface area contributed by atoms with Crippen molar-refractivity contribution in [2.45, 2.75) is 39.9 Å². The van der Waals surface area contributed by atoms with E-state index in [1.807, 2.05) is 53.8 Å². The van der Waals surface area contributed by atoms with Crippen molar-refractivity contribution in [3.05, 3.63) is 68.0 Å². The predicted molar refractivity (Wildman–Crippen MR) is 126 cm³/mol. The van der Waals surface area contributed by atoms with E-state index >= 15 is 0 Å². The molecule has 4 rings (SSSR count). The van der Waals surface area contributed by atoms with E-state index in [1.165, 1.54) is 11.3 Å². The van der Waals surface area contributed by atoms with Gasteiger partial charge in [-0.05, 0) is 66.9 Å². The summed E-state index contributed by atoms with van der Waals surface area (Å²) in [5.41, 5.74) is 2.12. The number of rotatable bonds is 8. The average molecular weight is 471 g/mol.